The third-order valence-electron chi connectivity index (χ3n) is 3.29. The van der Waals surface area contributed by atoms with E-state index in [1.807, 2.05) is 18.7 Å². The van der Waals surface area contributed by atoms with Gasteiger partial charge in [0.15, 0.2) is 0 Å². The van der Waals surface area contributed by atoms with Crippen molar-refractivity contribution in [1.82, 2.24) is 14.7 Å². The summed E-state index contributed by atoms with van der Waals surface area (Å²) in [5, 5.41) is 5.51. The van der Waals surface area contributed by atoms with Gasteiger partial charge in [0, 0.05) is 25.0 Å². The minimum atomic E-state index is 0.683. The van der Waals surface area contributed by atoms with Crippen LogP contribution in [0, 0.1) is 6.92 Å². The second-order valence-electron chi connectivity index (χ2n) is 4.39. The maximum atomic E-state index is 4.43. The summed E-state index contributed by atoms with van der Waals surface area (Å²) in [6, 6.07) is 0.683. The highest BCUT2D eigenvalue weighted by atomic mass is 79.9. The van der Waals surface area contributed by atoms with E-state index >= 15 is 0 Å². The van der Waals surface area contributed by atoms with Crippen LogP contribution < -0.4 is 0 Å². The van der Waals surface area contributed by atoms with Crippen molar-refractivity contribution in [2.24, 2.45) is 7.05 Å². The molecule has 0 aromatic carbocycles. The van der Waals surface area contributed by atoms with Crippen LogP contribution in [0.25, 0.3) is 0 Å². The Labute approximate surface area is 113 Å². The van der Waals surface area contributed by atoms with Gasteiger partial charge in [-0.2, -0.15) is 5.10 Å². The van der Waals surface area contributed by atoms with Crippen molar-refractivity contribution in [1.29, 1.82) is 0 Å². The van der Waals surface area contributed by atoms with Gasteiger partial charge >= 0.3 is 0 Å². The molecule has 90 valence electrons. The molecule has 0 aliphatic carbocycles. The van der Waals surface area contributed by atoms with Crippen LogP contribution in [0.2, 0.25) is 0 Å². The predicted molar refractivity (Wildman–Crippen MR) is 72.9 cm³/mol. The van der Waals surface area contributed by atoms with Gasteiger partial charge in [-0.05, 0) is 42.2 Å². The predicted octanol–water partition coefficient (Wildman–Crippen LogP) is 2.85. The van der Waals surface area contributed by atoms with Crippen LogP contribution in [0.15, 0.2) is 4.47 Å². The third-order valence-corrected chi connectivity index (χ3v) is 5.07. The van der Waals surface area contributed by atoms with Crippen LogP contribution in [0.4, 0.5) is 0 Å². The fraction of sp³-hybridized carbons (Fsp3) is 0.727. The first kappa shape index (κ1) is 12.6. The Bertz CT molecular complexity index is 376. The van der Waals surface area contributed by atoms with E-state index in [1.54, 1.807) is 0 Å². The molecular formula is C11H17Br2N3. The van der Waals surface area contributed by atoms with E-state index in [1.165, 1.54) is 25.1 Å². The van der Waals surface area contributed by atoms with E-state index in [4.69, 9.17) is 0 Å². The molecule has 2 rings (SSSR count). The molecule has 1 saturated heterocycles. The number of hydrogen-bond acceptors (Lipinski definition) is 2. The Morgan fingerprint density at radius 2 is 2.25 bits per heavy atom. The number of aryl methyl sites for hydroxylation is 2. The minimum Gasteiger partial charge on any atom is -0.294 e. The molecule has 1 atom stereocenters. The molecular weight excluding hydrogens is 334 g/mol. The standard InChI is InChI=1S/C11H17Br2N3/c1-8-11(13)10(15(2)14-8)7-16-5-3-4-9(16)6-12/h9H,3-7H2,1-2H3. The van der Waals surface area contributed by atoms with Gasteiger partial charge in [0.25, 0.3) is 0 Å². The Morgan fingerprint density at radius 3 is 2.81 bits per heavy atom. The zero-order valence-electron chi connectivity index (χ0n) is 9.71. The SMILES string of the molecule is Cc1nn(C)c(CN2CCCC2CBr)c1Br. The van der Waals surface area contributed by atoms with Gasteiger partial charge in [0.2, 0.25) is 0 Å². The summed E-state index contributed by atoms with van der Waals surface area (Å²) >= 11 is 7.22. The fourth-order valence-electron chi connectivity index (χ4n) is 2.32. The molecule has 3 nitrogen and oxygen atoms in total. The molecule has 0 spiro atoms. The lowest BCUT2D eigenvalue weighted by atomic mass is 10.2. The zero-order chi connectivity index (χ0) is 11.7. The largest absolute Gasteiger partial charge is 0.294 e. The van der Waals surface area contributed by atoms with E-state index < -0.39 is 0 Å². The quantitative estimate of drug-likeness (QED) is 0.781. The summed E-state index contributed by atoms with van der Waals surface area (Å²) in [5.41, 5.74) is 2.36. The van der Waals surface area contributed by atoms with Gasteiger partial charge in [-0.1, -0.05) is 15.9 Å². The molecule has 0 N–H and O–H groups in total. The summed E-state index contributed by atoms with van der Waals surface area (Å²) in [7, 11) is 2.02. The molecule has 0 saturated carbocycles. The number of nitrogens with zero attached hydrogens (tertiary/aromatic N) is 3. The number of alkyl halides is 1. The topological polar surface area (TPSA) is 21.1 Å². The van der Waals surface area contributed by atoms with E-state index in [9.17, 15) is 0 Å². The summed E-state index contributed by atoms with van der Waals surface area (Å²) < 4.78 is 3.15. The van der Waals surface area contributed by atoms with Gasteiger partial charge in [-0.25, -0.2) is 0 Å². The van der Waals surface area contributed by atoms with Crippen molar-refractivity contribution in [3.05, 3.63) is 15.9 Å². The lowest BCUT2D eigenvalue weighted by molar-refractivity contribution is 0.257. The number of rotatable bonds is 3. The second kappa shape index (κ2) is 5.19. The molecule has 16 heavy (non-hydrogen) atoms. The van der Waals surface area contributed by atoms with Gasteiger partial charge in [0.1, 0.15) is 0 Å². The maximum Gasteiger partial charge on any atom is 0.0739 e. The lowest BCUT2D eigenvalue weighted by Crippen LogP contribution is -2.30. The molecule has 0 amide bonds. The molecule has 0 radical (unpaired) electrons. The van der Waals surface area contributed by atoms with Crippen LogP contribution in [0.3, 0.4) is 0 Å². The highest BCUT2D eigenvalue weighted by molar-refractivity contribution is 9.10. The van der Waals surface area contributed by atoms with E-state index in [2.05, 4.69) is 41.9 Å². The molecule has 5 heteroatoms. The van der Waals surface area contributed by atoms with Gasteiger partial charge in [-0.15, -0.1) is 0 Å². The molecule has 1 aromatic heterocycles. The number of likely N-dealkylation sites (tertiary alicyclic amines) is 1. The van der Waals surface area contributed by atoms with Crippen molar-refractivity contribution in [3.63, 3.8) is 0 Å². The smallest absolute Gasteiger partial charge is 0.0739 e. The molecule has 2 heterocycles. The molecule has 1 aromatic rings. The molecule has 1 fully saturated rings. The van der Waals surface area contributed by atoms with Gasteiger partial charge < -0.3 is 0 Å². The average Bonchev–Trinajstić information content (AvgIpc) is 2.79. The Hall–Kier alpha value is 0.130. The third kappa shape index (κ3) is 2.36. The summed E-state index contributed by atoms with van der Waals surface area (Å²) in [5.74, 6) is 0. The Balaban J connectivity index is 2.14. The average molecular weight is 351 g/mol. The van der Waals surface area contributed by atoms with Gasteiger partial charge in [0.05, 0.1) is 15.9 Å². The Kier molecular flexibility index (Phi) is 4.08. The molecule has 1 aliphatic rings. The Morgan fingerprint density at radius 1 is 1.50 bits per heavy atom. The van der Waals surface area contributed by atoms with Crippen LogP contribution >= 0.6 is 31.9 Å². The second-order valence-corrected chi connectivity index (χ2v) is 5.83. The monoisotopic (exact) mass is 349 g/mol. The van der Waals surface area contributed by atoms with Crippen molar-refractivity contribution in [3.8, 4) is 0 Å². The maximum absolute atomic E-state index is 4.43. The van der Waals surface area contributed by atoms with Crippen molar-refractivity contribution < 1.29 is 0 Å². The first-order chi connectivity index (χ1) is 7.63. The molecule has 1 unspecified atom stereocenters. The van der Waals surface area contributed by atoms with Crippen LogP contribution in [-0.2, 0) is 13.6 Å². The van der Waals surface area contributed by atoms with Crippen molar-refractivity contribution in [2.45, 2.75) is 32.4 Å². The normalized spacial score (nSPS) is 21.9. The number of hydrogen-bond donors (Lipinski definition) is 0. The highest BCUT2D eigenvalue weighted by Crippen LogP contribution is 2.26. The van der Waals surface area contributed by atoms with Gasteiger partial charge in [-0.3, -0.25) is 9.58 Å². The van der Waals surface area contributed by atoms with E-state index in [0.717, 1.165) is 22.0 Å². The van der Waals surface area contributed by atoms with Crippen LogP contribution in [0.5, 0.6) is 0 Å². The highest BCUT2D eigenvalue weighted by Gasteiger charge is 2.25. The fourth-order valence-corrected chi connectivity index (χ4v) is 3.52. The number of halogens is 2. The summed E-state index contributed by atoms with van der Waals surface area (Å²) in [4.78, 5) is 2.54. The summed E-state index contributed by atoms with van der Waals surface area (Å²) in [6.07, 6.45) is 2.62. The van der Waals surface area contributed by atoms with E-state index in [-0.39, 0.29) is 0 Å². The minimum absolute atomic E-state index is 0.683. The van der Waals surface area contributed by atoms with E-state index in [0.29, 0.717) is 6.04 Å². The lowest BCUT2D eigenvalue weighted by Gasteiger charge is -2.22. The van der Waals surface area contributed by atoms with Crippen LogP contribution in [-0.4, -0.2) is 32.6 Å². The first-order valence-electron chi connectivity index (χ1n) is 5.61. The number of aromatic nitrogens is 2. The first-order valence-corrected chi connectivity index (χ1v) is 7.53. The van der Waals surface area contributed by atoms with Crippen molar-refractivity contribution in [2.75, 3.05) is 11.9 Å². The summed E-state index contributed by atoms with van der Waals surface area (Å²) in [6.45, 7) is 4.24. The van der Waals surface area contributed by atoms with Crippen LogP contribution in [0.1, 0.15) is 24.2 Å². The molecule has 1 aliphatic heterocycles. The van der Waals surface area contributed by atoms with Crippen molar-refractivity contribution >= 4 is 31.9 Å². The molecule has 0 bridgehead atoms. The zero-order valence-corrected chi connectivity index (χ0v) is 12.9.